The van der Waals surface area contributed by atoms with Gasteiger partial charge in [-0.05, 0) is 24.3 Å². The lowest BCUT2D eigenvalue weighted by Crippen LogP contribution is -2.04. The predicted molar refractivity (Wildman–Crippen MR) is 182 cm³/mol. The van der Waals surface area contributed by atoms with Crippen molar-refractivity contribution >= 4 is 86.0 Å². The second kappa shape index (κ2) is 8.51. The van der Waals surface area contributed by atoms with E-state index in [0.29, 0.717) is 5.95 Å². The van der Waals surface area contributed by atoms with Crippen molar-refractivity contribution in [3.8, 4) is 17.2 Å². The first-order valence-electron chi connectivity index (χ1n) is 14.4. The third-order valence-corrected chi connectivity index (χ3v) is 9.96. The Morgan fingerprint density at radius 1 is 0.558 bits per heavy atom. The van der Waals surface area contributed by atoms with Crippen LogP contribution in [-0.4, -0.2) is 19.5 Å². The number of para-hydroxylation sites is 2. The Balaban J connectivity index is 1.39. The predicted octanol–water partition coefficient (Wildman–Crippen LogP) is 10.4. The lowest BCUT2D eigenvalue weighted by Gasteiger charge is -2.13. The normalized spacial score (nSPS) is 12.2. The van der Waals surface area contributed by atoms with Gasteiger partial charge >= 0.3 is 0 Å². The summed E-state index contributed by atoms with van der Waals surface area (Å²) in [6.07, 6.45) is 0. The Labute approximate surface area is 249 Å². The molecule has 0 atom stereocenters. The summed E-state index contributed by atoms with van der Waals surface area (Å²) in [4.78, 5) is 14.5. The highest BCUT2D eigenvalue weighted by Gasteiger charge is 2.22. The van der Waals surface area contributed by atoms with Crippen molar-refractivity contribution in [1.29, 1.82) is 0 Å². The van der Waals surface area contributed by atoms with E-state index in [0.717, 1.165) is 44.2 Å². The van der Waals surface area contributed by atoms with Crippen molar-refractivity contribution in [1.82, 2.24) is 19.5 Å². The topological polar surface area (TPSA) is 46.5 Å². The molecule has 10 rings (SSSR count). The number of aromatic amines is 1. The van der Waals surface area contributed by atoms with Crippen LogP contribution < -0.4 is 0 Å². The molecule has 4 aromatic heterocycles. The van der Waals surface area contributed by atoms with Crippen LogP contribution in [0, 0.1) is 0 Å². The van der Waals surface area contributed by atoms with E-state index in [1.807, 2.05) is 11.3 Å². The Morgan fingerprint density at radius 2 is 1.28 bits per heavy atom. The zero-order chi connectivity index (χ0) is 28.1. The zero-order valence-corrected chi connectivity index (χ0v) is 23.7. The van der Waals surface area contributed by atoms with E-state index >= 15 is 0 Å². The number of nitrogens with zero attached hydrogens (tertiary/aromatic N) is 3. The number of fused-ring (bicyclic) bond motifs is 12. The van der Waals surface area contributed by atoms with Gasteiger partial charge in [0.05, 0.1) is 27.8 Å². The van der Waals surface area contributed by atoms with Crippen LogP contribution in [0.5, 0.6) is 0 Å². The maximum atomic E-state index is 5.44. The quantitative estimate of drug-likeness (QED) is 0.226. The summed E-state index contributed by atoms with van der Waals surface area (Å²) in [5, 5.41) is 8.40. The highest BCUT2D eigenvalue weighted by Crippen LogP contribution is 2.43. The van der Waals surface area contributed by atoms with E-state index in [4.69, 9.17) is 9.97 Å². The Morgan fingerprint density at radius 3 is 2.19 bits per heavy atom. The van der Waals surface area contributed by atoms with E-state index in [2.05, 4.69) is 137 Å². The van der Waals surface area contributed by atoms with Crippen LogP contribution in [0.4, 0.5) is 0 Å². The van der Waals surface area contributed by atoms with Gasteiger partial charge in [-0.1, -0.05) is 103 Å². The van der Waals surface area contributed by atoms with Gasteiger partial charge in [-0.3, -0.25) is 4.57 Å². The number of thiophene rings is 1. The van der Waals surface area contributed by atoms with Gasteiger partial charge in [0.25, 0.3) is 0 Å². The van der Waals surface area contributed by atoms with Crippen LogP contribution in [0.25, 0.3) is 91.9 Å². The van der Waals surface area contributed by atoms with Crippen molar-refractivity contribution in [2.24, 2.45) is 0 Å². The SMILES string of the molecule is c1ccc(-c2nc(-n3c4ccccc4c4ccc5c6ccccc6[nH]c5c43)nc3ccc4c5ccccc5sc4c23)cc1. The number of aromatic nitrogens is 4. The molecule has 6 aromatic carbocycles. The lowest BCUT2D eigenvalue weighted by atomic mass is 10.0. The third kappa shape index (κ3) is 3.14. The van der Waals surface area contributed by atoms with E-state index in [1.165, 1.54) is 41.7 Å². The molecule has 0 aliphatic carbocycles. The molecule has 43 heavy (non-hydrogen) atoms. The molecule has 0 aliphatic rings. The van der Waals surface area contributed by atoms with Crippen LogP contribution in [0.15, 0.2) is 127 Å². The molecular weight excluding hydrogens is 545 g/mol. The Kier molecular flexibility index (Phi) is 4.57. The summed E-state index contributed by atoms with van der Waals surface area (Å²) in [5.74, 6) is 0.671. The van der Waals surface area contributed by atoms with Gasteiger partial charge in [-0.25, -0.2) is 9.97 Å². The molecule has 0 amide bonds. The largest absolute Gasteiger partial charge is 0.353 e. The summed E-state index contributed by atoms with van der Waals surface area (Å²) >= 11 is 1.82. The molecule has 0 bridgehead atoms. The summed E-state index contributed by atoms with van der Waals surface area (Å²) in [5.41, 5.74) is 7.38. The summed E-state index contributed by atoms with van der Waals surface area (Å²) in [7, 11) is 0. The van der Waals surface area contributed by atoms with Gasteiger partial charge in [0.1, 0.15) is 0 Å². The number of hydrogen-bond acceptors (Lipinski definition) is 3. The molecule has 5 heteroatoms. The molecule has 0 saturated carbocycles. The molecule has 10 aromatic rings. The van der Waals surface area contributed by atoms with Gasteiger partial charge in [-0.2, -0.15) is 0 Å². The fourth-order valence-electron chi connectivity index (χ4n) is 6.87. The molecule has 0 spiro atoms. The third-order valence-electron chi connectivity index (χ3n) is 8.75. The monoisotopic (exact) mass is 566 g/mol. The first kappa shape index (κ1) is 23.1. The molecule has 200 valence electrons. The minimum atomic E-state index is 0.671. The first-order valence-corrected chi connectivity index (χ1v) is 15.3. The number of H-pyrrole nitrogens is 1. The second-order valence-corrected chi connectivity index (χ2v) is 12.1. The minimum Gasteiger partial charge on any atom is -0.353 e. The average molecular weight is 567 g/mol. The number of rotatable bonds is 2. The average Bonchev–Trinajstić information content (AvgIpc) is 3.74. The van der Waals surface area contributed by atoms with Crippen LogP contribution in [0.3, 0.4) is 0 Å². The smallest absolute Gasteiger partial charge is 0.235 e. The first-order chi connectivity index (χ1) is 21.3. The summed E-state index contributed by atoms with van der Waals surface area (Å²) < 4.78 is 4.75. The molecule has 0 saturated heterocycles. The van der Waals surface area contributed by atoms with Crippen LogP contribution in [0.2, 0.25) is 0 Å². The standard InChI is InChI=1S/C38H22N4S/c1-2-10-22(11-3-1)34-33-30(21-20-28-25-14-6-9-17-32(25)43-37(28)33)40-38(41-34)42-31-16-8-5-13-24(31)27-19-18-26-23-12-4-7-15-29(23)39-35(26)36(27)42/h1-21,39H. The van der Waals surface area contributed by atoms with Crippen molar-refractivity contribution in [3.05, 3.63) is 127 Å². The highest BCUT2D eigenvalue weighted by atomic mass is 32.1. The molecule has 0 fully saturated rings. The van der Waals surface area contributed by atoms with Gasteiger partial charge < -0.3 is 4.98 Å². The van der Waals surface area contributed by atoms with Crippen molar-refractivity contribution < 1.29 is 0 Å². The van der Waals surface area contributed by atoms with E-state index in [1.54, 1.807) is 0 Å². The van der Waals surface area contributed by atoms with Crippen molar-refractivity contribution in [2.75, 3.05) is 0 Å². The van der Waals surface area contributed by atoms with Crippen molar-refractivity contribution in [2.45, 2.75) is 0 Å². The van der Waals surface area contributed by atoms with Gasteiger partial charge in [0.2, 0.25) is 5.95 Å². The number of hydrogen-bond donors (Lipinski definition) is 1. The van der Waals surface area contributed by atoms with Crippen LogP contribution >= 0.6 is 11.3 Å². The lowest BCUT2D eigenvalue weighted by molar-refractivity contribution is 1.02. The Hall–Kier alpha value is -5.52. The second-order valence-electron chi connectivity index (χ2n) is 11.1. The number of nitrogens with one attached hydrogen (secondary N) is 1. The molecule has 0 aliphatic heterocycles. The fourth-order valence-corrected chi connectivity index (χ4v) is 8.12. The van der Waals surface area contributed by atoms with E-state index in [-0.39, 0.29) is 0 Å². The van der Waals surface area contributed by atoms with Gasteiger partial charge in [-0.15, -0.1) is 11.3 Å². The van der Waals surface area contributed by atoms with Crippen LogP contribution in [0.1, 0.15) is 0 Å². The molecule has 4 nitrogen and oxygen atoms in total. The maximum Gasteiger partial charge on any atom is 0.235 e. The molecule has 1 N–H and O–H groups in total. The van der Waals surface area contributed by atoms with Crippen molar-refractivity contribution in [3.63, 3.8) is 0 Å². The summed E-state index contributed by atoms with van der Waals surface area (Å²) in [6, 6.07) is 45.1. The minimum absolute atomic E-state index is 0.671. The molecular formula is C38H22N4S. The van der Waals surface area contributed by atoms with E-state index < -0.39 is 0 Å². The van der Waals surface area contributed by atoms with Gasteiger partial charge in [0.15, 0.2) is 0 Å². The van der Waals surface area contributed by atoms with Crippen LogP contribution in [-0.2, 0) is 0 Å². The number of benzene rings is 6. The van der Waals surface area contributed by atoms with E-state index in [9.17, 15) is 0 Å². The molecule has 4 heterocycles. The molecule has 0 unspecified atom stereocenters. The fraction of sp³-hybridized carbons (Fsp3) is 0. The maximum absolute atomic E-state index is 5.44. The summed E-state index contributed by atoms with van der Waals surface area (Å²) in [6.45, 7) is 0. The highest BCUT2D eigenvalue weighted by molar-refractivity contribution is 7.26. The Bertz CT molecular complexity index is 2730. The zero-order valence-electron chi connectivity index (χ0n) is 22.9. The molecule has 0 radical (unpaired) electrons. The van der Waals surface area contributed by atoms with Gasteiger partial charge in [0, 0.05) is 58.2 Å².